The molecule has 0 bridgehead atoms. The molecule has 0 spiro atoms. The topological polar surface area (TPSA) is 56.2 Å². The fraction of sp³-hybridized carbons (Fsp3) is 0.387. The molecule has 1 heterocycles. The van der Waals surface area contributed by atoms with Gasteiger partial charge in [-0.25, -0.2) is 4.39 Å². The average Bonchev–Trinajstić information content (AvgIpc) is 3.43. The van der Waals surface area contributed by atoms with Gasteiger partial charge in [-0.15, -0.1) is 0 Å². The van der Waals surface area contributed by atoms with Crippen molar-refractivity contribution in [3.8, 4) is 5.75 Å². The molecule has 3 aromatic rings. The number of benzene rings is 3. The molecule has 0 radical (unpaired) electrons. The van der Waals surface area contributed by atoms with E-state index >= 15 is 4.39 Å². The second-order valence-electron chi connectivity index (χ2n) is 9.98. The van der Waals surface area contributed by atoms with Crippen LogP contribution in [0.2, 0.25) is 0 Å². The molecule has 0 aromatic heterocycles. The van der Waals surface area contributed by atoms with Gasteiger partial charge in [-0.2, -0.15) is 0 Å². The van der Waals surface area contributed by atoms with E-state index in [1.165, 1.54) is 11.0 Å². The molecule has 6 nitrogen and oxygen atoms in total. The van der Waals surface area contributed by atoms with Crippen molar-refractivity contribution in [1.82, 2.24) is 4.90 Å². The smallest absolute Gasteiger partial charge is 0.258 e. The molecule has 2 atom stereocenters. The predicted octanol–water partition coefficient (Wildman–Crippen LogP) is 5.53. The zero-order chi connectivity index (χ0) is 27.1. The molecule has 0 saturated carbocycles. The number of likely N-dealkylation sites (N-methyl/N-ethyl adjacent to an activating group) is 1. The van der Waals surface area contributed by atoms with Gasteiger partial charge < -0.3 is 19.6 Å². The molecule has 1 fully saturated rings. The van der Waals surface area contributed by atoms with Gasteiger partial charge in [-0.05, 0) is 67.9 Å². The molecule has 202 valence electrons. The molecular weight excluding hydrogens is 481 g/mol. The summed E-state index contributed by atoms with van der Waals surface area (Å²) in [4.78, 5) is 18.7. The monoisotopic (exact) mass is 519 g/mol. The summed E-state index contributed by atoms with van der Waals surface area (Å²) < 4.78 is 20.9. The third-order valence-corrected chi connectivity index (χ3v) is 7.26. The number of rotatable bonds is 11. The molecule has 4 rings (SSSR count). The number of aliphatic hydroxyl groups excluding tert-OH is 1. The van der Waals surface area contributed by atoms with Crippen molar-refractivity contribution in [2.24, 2.45) is 0 Å². The molecule has 1 saturated heterocycles. The molecule has 1 aliphatic rings. The number of carbonyl (C=O) groups excluding carboxylic acids is 1. The third-order valence-electron chi connectivity index (χ3n) is 7.26. The van der Waals surface area contributed by atoms with Gasteiger partial charge in [0.25, 0.3) is 5.91 Å². The summed E-state index contributed by atoms with van der Waals surface area (Å²) in [6.07, 6.45) is 2.36. The molecule has 2 unspecified atom stereocenters. The standard InChI is InChI=1S/C31H38FN3O3/c1-4-5-19-38-27-14-11-24(12-15-27)31(37)34(3)25-13-16-29(28(32)20-25)35-18-17-26(21-35)33(2)22-30(36)23-9-7-6-8-10-23/h6-16,20,26,30,36H,4-5,17-19,21-22H2,1-3H3. The summed E-state index contributed by atoms with van der Waals surface area (Å²) in [6.45, 7) is 4.68. The van der Waals surface area contributed by atoms with Gasteiger partial charge in [0.1, 0.15) is 11.6 Å². The number of unbranched alkanes of at least 4 members (excludes halogenated alkanes) is 1. The van der Waals surface area contributed by atoms with Gasteiger partial charge in [0.2, 0.25) is 0 Å². The van der Waals surface area contributed by atoms with Crippen molar-refractivity contribution >= 4 is 17.3 Å². The number of halogens is 1. The lowest BCUT2D eigenvalue weighted by Crippen LogP contribution is -2.37. The number of nitrogens with zero attached hydrogens (tertiary/aromatic N) is 3. The number of hydrogen-bond acceptors (Lipinski definition) is 5. The van der Waals surface area contributed by atoms with Crippen molar-refractivity contribution in [2.75, 3.05) is 50.1 Å². The van der Waals surface area contributed by atoms with Crippen LogP contribution in [-0.2, 0) is 0 Å². The molecule has 1 aliphatic heterocycles. The lowest BCUT2D eigenvalue weighted by molar-refractivity contribution is 0.0993. The van der Waals surface area contributed by atoms with Crippen molar-refractivity contribution in [2.45, 2.75) is 38.3 Å². The van der Waals surface area contributed by atoms with Crippen molar-refractivity contribution in [3.05, 3.63) is 89.7 Å². The number of carbonyl (C=O) groups is 1. The minimum atomic E-state index is -0.566. The highest BCUT2D eigenvalue weighted by atomic mass is 19.1. The highest BCUT2D eigenvalue weighted by Crippen LogP contribution is 2.29. The average molecular weight is 520 g/mol. The maximum absolute atomic E-state index is 15.2. The van der Waals surface area contributed by atoms with Crippen molar-refractivity contribution < 1.29 is 19.0 Å². The normalized spacial score (nSPS) is 16.1. The maximum atomic E-state index is 15.2. The first-order valence-corrected chi connectivity index (χ1v) is 13.4. The van der Waals surface area contributed by atoms with Gasteiger partial charge in [0, 0.05) is 44.0 Å². The molecule has 1 N–H and O–H groups in total. The summed E-state index contributed by atoms with van der Waals surface area (Å²) in [5, 5.41) is 10.6. The summed E-state index contributed by atoms with van der Waals surface area (Å²) in [6, 6.07) is 21.9. The van der Waals surface area contributed by atoms with E-state index in [1.807, 2.05) is 42.3 Å². The summed E-state index contributed by atoms with van der Waals surface area (Å²) in [5.74, 6) is 0.170. The number of anilines is 2. The van der Waals surface area contributed by atoms with Crippen LogP contribution in [0.15, 0.2) is 72.8 Å². The third kappa shape index (κ3) is 6.71. The highest BCUT2D eigenvalue weighted by Gasteiger charge is 2.29. The Hall–Kier alpha value is -3.42. The zero-order valence-electron chi connectivity index (χ0n) is 22.5. The fourth-order valence-corrected chi connectivity index (χ4v) is 4.82. The largest absolute Gasteiger partial charge is 0.494 e. The Morgan fingerprint density at radius 1 is 1.11 bits per heavy atom. The van der Waals surface area contributed by atoms with Gasteiger partial charge in [0.15, 0.2) is 0 Å². The van der Waals surface area contributed by atoms with Crippen molar-refractivity contribution in [1.29, 1.82) is 0 Å². The first-order chi connectivity index (χ1) is 18.4. The Morgan fingerprint density at radius 3 is 2.53 bits per heavy atom. The molecule has 38 heavy (non-hydrogen) atoms. The number of aliphatic hydroxyl groups is 1. The summed E-state index contributed by atoms with van der Waals surface area (Å²) in [7, 11) is 3.66. The van der Waals surface area contributed by atoms with Crippen LogP contribution in [0.3, 0.4) is 0 Å². The Bertz CT molecular complexity index is 1190. The summed E-state index contributed by atoms with van der Waals surface area (Å²) in [5.41, 5.74) is 2.44. The van der Waals surface area contributed by atoms with Crippen LogP contribution < -0.4 is 14.5 Å². The van der Waals surface area contributed by atoms with Gasteiger partial charge in [0.05, 0.1) is 18.4 Å². The Kier molecular flexibility index (Phi) is 9.37. The van der Waals surface area contributed by atoms with Crippen LogP contribution in [0.4, 0.5) is 15.8 Å². The Morgan fingerprint density at radius 2 is 1.84 bits per heavy atom. The van der Waals surface area contributed by atoms with E-state index in [1.54, 1.807) is 43.4 Å². The first kappa shape index (κ1) is 27.6. The van der Waals surface area contributed by atoms with Gasteiger partial charge in [-0.3, -0.25) is 9.69 Å². The van der Waals surface area contributed by atoms with E-state index in [2.05, 4.69) is 11.8 Å². The van der Waals surface area contributed by atoms with Crippen LogP contribution in [0.5, 0.6) is 5.75 Å². The van der Waals surface area contributed by atoms with Crippen LogP contribution in [-0.4, -0.2) is 62.3 Å². The number of ether oxygens (including phenoxy) is 1. The fourth-order valence-electron chi connectivity index (χ4n) is 4.82. The van der Waals surface area contributed by atoms with E-state index in [9.17, 15) is 9.90 Å². The molecule has 3 aromatic carbocycles. The summed E-state index contributed by atoms with van der Waals surface area (Å²) >= 11 is 0. The molecular formula is C31H38FN3O3. The molecule has 1 amide bonds. The van der Waals surface area contributed by atoms with Crippen molar-refractivity contribution in [3.63, 3.8) is 0 Å². The quantitative estimate of drug-likeness (QED) is 0.338. The van der Waals surface area contributed by atoms with Gasteiger partial charge >= 0.3 is 0 Å². The second-order valence-corrected chi connectivity index (χ2v) is 9.98. The van der Waals surface area contributed by atoms with E-state index in [0.717, 1.165) is 37.1 Å². The minimum Gasteiger partial charge on any atom is -0.494 e. The van der Waals surface area contributed by atoms with E-state index in [-0.39, 0.29) is 17.8 Å². The van der Waals surface area contributed by atoms with E-state index < -0.39 is 6.10 Å². The Labute approximate surface area is 225 Å². The number of amides is 1. The van der Waals surface area contributed by atoms with Crippen LogP contribution in [0, 0.1) is 5.82 Å². The van der Waals surface area contributed by atoms with Crippen LogP contribution in [0.25, 0.3) is 0 Å². The van der Waals surface area contributed by atoms with Crippen LogP contribution in [0.1, 0.15) is 48.2 Å². The van der Waals surface area contributed by atoms with Crippen LogP contribution >= 0.6 is 0 Å². The van der Waals surface area contributed by atoms with E-state index in [4.69, 9.17) is 4.74 Å². The lowest BCUT2D eigenvalue weighted by atomic mass is 10.1. The van der Waals surface area contributed by atoms with E-state index in [0.29, 0.717) is 36.6 Å². The Balaban J connectivity index is 1.35. The first-order valence-electron chi connectivity index (χ1n) is 13.4. The lowest BCUT2D eigenvalue weighted by Gasteiger charge is -2.28. The highest BCUT2D eigenvalue weighted by molar-refractivity contribution is 6.05. The minimum absolute atomic E-state index is 0.211. The molecule has 7 heteroatoms. The predicted molar refractivity (Wildman–Crippen MR) is 151 cm³/mol. The van der Waals surface area contributed by atoms with Gasteiger partial charge in [-0.1, -0.05) is 43.7 Å². The SMILES string of the molecule is CCCCOc1ccc(C(=O)N(C)c2ccc(N3CCC(N(C)CC(O)c4ccccc4)C3)c(F)c2)cc1. The maximum Gasteiger partial charge on any atom is 0.258 e. The molecule has 0 aliphatic carbocycles. The zero-order valence-corrected chi connectivity index (χ0v) is 22.5. The number of hydrogen-bond donors (Lipinski definition) is 1. The second kappa shape index (κ2) is 12.9.